The molecule has 34 heavy (non-hydrogen) atoms. The summed E-state index contributed by atoms with van der Waals surface area (Å²) in [6, 6.07) is 0. The van der Waals surface area contributed by atoms with Gasteiger partial charge in [0.25, 0.3) is 0 Å². The van der Waals surface area contributed by atoms with E-state index in [1.807, 2.05) is 6.92 Å². The van der Waals surface area contributed by atoms with E-state index in [0.717, 1.165) is 44.9 Å². The Kier molecular flexibility index (Phi) is 10.2. The number of hydrogen-bond donors (Lipinski definition) is 3. The lowest BCUT2D eigenvalue weighted by atomic mass is 9.74. The first-order chi connectivity index (χ1) is 16.1. The average Bonchev–Trinajstić information content (AvgIpc) is 2.79. The molecule has 1 saturated carbocycles. The van der Waals surface area contributed by atoms with Crippen LogP contribution in [0.5, 0.6) is 0 Å². The minimum Gasteiger partial charge on any atom is -0.388 e. The molecule has 0 aromatic rings. The van der Waals surface area contributed by atoms with Crippen molar-refractivity contribution in [2.45, 2.75) is 142 Å². The molecule has 1 aliphatic carbocycles. The van der Waals surface area contributed by atoms with Gasteiger partial charge in [0.15, 0.2) is 12.6 Å². The van der Waals surface area contributed by atoms with Crippen molar-refractivity contribution in [2.75, 3.05) is 6.61 Å². The highest BCUT2D eigenvalue weighted by atomic mass is 16.7. The van der Waals surface area contributed by atoms with Crippen molar-refractivity contribution in [3.05, 3.63) is 0 Å². The van der Waals surface area contributed by atoms with E-state index in [2.05, 4.69) is 27.7 Å². The Balaban J connectivity index is 1.75. The maximum Gasteiger partial charge on any atom is 0.184 e. The fourth-order valence-corrected chi connectivity index (χ4v) is 6.27. The first-order valence-electron chi connectivity index (χ1n) is 13.8. The van der Waals surface area contributed by atoms with Crippen molar-refractivity contribution in [2.24, 2.45) is 23.7 Å². The van der Waals surface area contributed by atoms with Gasteiger partial charge in [-0.2, -0.15) is 0 Å². The molecule has 0 amide bonds. The second kappa shape index (κ2) is 12.3. The standard InChI is InChI=1S/C27H50O7/c1-7-10-11-18-14-17(5)23(33-25-16(4)12-13-19(8-2)32-25)22(29)24(18)34-26-21(28)20(9-3)27(6,30)15-31-26/h16-26,28-30H,7-15H2,1-6H3/t16-,17+,18-,19-,20-,21-,22+,23?,24?,25?,26?,27+/m1/s1. The predicted octanol–water partition coefficient (Wildman–Crippen LogP) is 4.01. The molecule has 7 heteroatoms. The number of hydrogen-bond acceptors (Lipinski definition) is 7. The zero-order chi connectivity index (χ0) is 25.0. The van der Waals surface area contributed by atoms with Gasteiger partial charge >= 0.3 is 0 Å². The first kappa shape index (κ1) is 28.3. The number of aliphatic hydroxyl groups is 3. The lowest BCUT2D eigenvalue weighted by Crippen LogP contribution is -2.60. The summed E-state index contributed by atoms with van der Waals surface area (Å²) in [4.78, 5) is 0. The maximum atomic E-state index is 11.6. The second-order valence-electron chi connectivity index (χ2n) is 11.4. The third-order valence-electron chi connectivity index (χ3n) is 8.54. The molecule has 200 valence electrons. The molecular formula is C27H50O7. The molecule has 0 spiro atoms. The van der Waals surface area contributed by atoms with Gasteiger partial charge < -0.3 is 34.3 Å². The van der Waals surface area contributed by atoms with Crippen LogP contribution in [-0.4, -0.2) is 70.6 Å². The van der Waals surface area contributed by atoms with Crippen LogP contribution in [0.2, 0.25) is 0 Å². The molecule has 0 radical (unpaired) electrons. The largest absolute Gasteiger partial charge is 0.388 e. The van der Waals surface area contributed by atoms with Gasteiger partial charge in [0.2, 0.25) is 0 Å². The van der Waals surface area contributed by atoms with Crippen LogP contribution < -0.4 is 0 Å². The van der Waals surface area contributed by atoms with Gasteiger partial charge in [-0.25, -0.2) is 0 Å². The lowest BCUT2D eigenvalue weighted by Gasteiger charge is -2.49. The van der Waals surface area contributed by atoms with E-state index < -0.39 is 36.3 Å². The maximum absolute atomic E-state index is 11.6. The molecule has 7 nitrogen and oxygen atoms in total. The van der Waals surface area contributed by atoms with E-state index in [4.69, 9.17) is 18.9 Å². The summed E-state index contributed by atoms with van der Waals surface area (Å²) in [5.74, 6) is 0.233. The van der Waals surface area contributed by atoms with Crippen LogP contribution in [0.15, 0.2) is 0 Å². The highest BCUT2D eigenvalue weighted by Crippen LogP contribution is 2.41. The zero-order valence-corrected chi connectivity index (χ0v) is 22.2. The van der Waals surface area contributed by atoms with Crippen LogP contribution in [0.25, 0.3) is 0 Å². The average molecular weight is 487 g/mol. The summed E-state index contributed by atoms with van der Waals surface area (Å²) in [5.41, 5.74) is -1.11. The molecule has 12 atom stereocenters. The zero-order valence-electron chi connectivity index (χ0n) is 22.2. The Bertz CT molecular complexity index is 614. The van der Waals surface area contributed by atoms with Gasteiger partial charge in [0, 0.05) is 11.8 Å². The van der Waals surface area contributed by atoms with Crippen LogP contribution in [0.3, 0.4) is 0 Å². The minimum atomic E-state index is -1.11. The molecule has 3 aliphatic rings. The Labute approximate surface area is 206 Å². The van der Waals surface area contributed by atoms with Gasteiger partial charge in [0.05, 0.1) is 30.5 Å². The molecule has 0 aromatic heterocycles. The molecule has 2 saturated heterocycles. The fourth-order valence-electron chi connectivity index (χ4n) is 6.27. The van der Waals surface area contributed by atoms with E-state index in [9.17, 15) is 15.3 Å². The van der Waals surface area contributed by atoms with Gasteiger partial charge in [-0.15, -0.1) is 0 Å². The first-order valence-corrected chi connectivity index (χ1v) is 13.8. The summed E-state index contributed by atoms with van der Waals surface area (Å²) in [7, 11) is 0. The number of ether oxygens (including phenoxy) is 4. The molecule has 3 rings (SSSR count). The van der Waals surface area contributed by atoms with E-state index in [0.29, 0.717) is 6.42 Å². The summed E-state index contributed by atoms with van der Waals surface area (Å²) < 4.78 is 24.9. The molecule has 2 aliphatic heterocycles. The van der Waals surface area contributed by atoms with E-state index in [1.165, 1.54) is 0 Å². The highest BCUT2D eigenvalue weighted by molar-refractivity contribution is 4.96. The molecule has 0 aromatic carbocycles. The highest BCUT2D eigenvalue weighted by Gasteiger charge is 2.50. The van der Waals surface area contributed by atoms with Crippen LogP contribution in [0.4, 0.5) is 0 Å². The number of aliphatic hydroxyl groups excluding tert-OH is 2. The molecule has 0 bridgehead atoms. The molecule has 2 heterocycles. The Hall–Kier alpha value is -0.280. The van der Waals surface area contributed by atoms with Gasteiger partial charge in [-0.05, 0) is 57.3 Å². The van der Waals surface area contributed by atoms with Crippen molar-refractivity contribution < 1.29 is 34.3 Å². The van der Waals surface area contributed by atoms with Crippen molar-refractivity contribution in [3.8, 4) is 0 Å². The predicted molar refractivity (Wildman–Crippen MR) is 130 cm³/mol. The quantitative estimate of drug-likeness (QED) is 0.453. The van der Waals surface area contributed by atoms with E-state index >= 15 is 0 Å². The normalized spacial score (nSPS) is 48.1. The Morgan fingerprint density at radius 1 is 0.912 bits per heavy atom. The number of rotatable bonds is 9. The smallest absolute Gasteiger partial charge is 0.184 e. The minimum absolute atomic E-state index is 0.0951. The van der Waals surface area contributed by atoms with Crippen molar-refractivity contribution >= 4 is 0 Å². The summed E-state index contributed by atoms with van der Waals surface area (Å²) in [6.07, 6.45) is 3.90. The topological polar surface area (TPSA) is 97.6 Å². The van der Waals surface area contributed by atoms with Crippen LogP contribution in [-0.2, 0) is 18.9 Å². The molecular weight excluding hydrogens is 436 g/mol. The van der Waals surface area contributed by atoms with Crippen LogP contribution >= 0.6 is 0 Å². The van der Waals surface area contributed by atoms with E-state index in [1.54, 1.807) is 6.92 Å². The molecule has 3 N–H and O–H groups in total. The van der Waals surface area contributed by atoms with Crippen LogP contribution in [0, 0.1) is 23.7 Å². The van der Waals surface area contributed by atoms with Crippen molar-refractivity contribution in [1.82, 2.24) is 0 Å². The monoisotopic (exact) mass is 486 g/mol. The summed E-state index contributed by atoms with van der Waals surface area (Å²) >= 11 is 0. The fraction of sp³-hybridized carbons (Fsp3) is 1.00. The molecule has 3 fully saturated rings. The van der Waals surface area contributed by atoms with E-state index in [-0.39, 0.29) is 42.7 Å². The Morgan fingerprint density at radius 2 is 1.62 bits per heavy atom. The van der Waals surface area contributed by atoms with Gasteiger partial charge in [-0.3, -0.25) is 0 Å². The Morgan fingerprint density at radius 3 is 2.26 bits per heavy atom. The van der Waals surface area contributed by atoms with Gasteiger partial charge in [0.1, 0.15) is 12.2 Å². The lowest BCUT2D eigenvalue weighted by molar-refractivity contribution is -0.324. The van der Waals surface area contributed by atoms with Crippen LogP contribution in [0.1, 0.15) is 92.9 Å². The van der Waals surface area contributed by atoms with Gasteiger partial charge in [-0.1, -0.05) is 47.5 Å². The molecule has 4 unspecified atom stereocenters. The summed E-state index contributed by atoms with van der Waals surface area (Å²) in [6.45, 7) is 12.3. The number of unbranched alkanes of at least 4 members (excludes halogenated alkanes) is 1. The SMILES string of the molecule is CCCC[C@@H]1C[C@H](C)C(OC2O[C@H](CC)CC[C@H]2C)[C@H](O)C1OC1OC[C@](C)(O)[C@H](CC)[C@H]1O. The van der Waals surface area contributed by atoms with Crippen molar-refractivity contribution in [3.63, 3.8) is 0 Å². The van der Waals surface area contributed by atoms with Crippen molar-refractivity contribution in [1.29, 1.82) is 0 Å². The third kappa shape index (κ3) is 6.34. The third-order valence-corrected chi connectivity index (χ3v) is 8.54. The summed E-state index contributed by atoms with van der Waals surface area (Å²) in [5, 5.41) is 33.2. The second-order valence-corrected chi connectivity index (χ2v) is 11.4.